The summed E-state index contributed by atoms with van der Waals surface area (Å²) in [5.41, 5.74) is 2.76. The highest BCUT2D eigenvalue weighted by atomic mass is 35.5. The Hall–Kier alpha value is -5.91. The SMILES string of the molecule is CNC(=O)COc1cc2cc(Nc3nc(N4CCC(OC5CC(N6CC[C@H](c7ccc8c(c7)C(=O)N(C7CCC(=O)NC7=O)C8=O)C6)C5)CC4)ncc3Cl)ccc2n(C(C)C)c1=O. The number of anilines is 3. The Morgan fingerprint density at radius 3 is 2.46 bits per heavy atom. The summed E-state index contributed by atoms with van der Waals surface area (Å²) in [6.45, 7) is 6.84. The quantitative estimate of drug-likeness (QED) is 0.171. The van der Waals surface area contributed by atoms with Gasteiger partial charge in [-0.25, -0.2) is 4.98 Å². The van der Waals surface area contributed by atoms with Crippen molar-refractivity contribution in [2.75, 3.05) is 50.1 Å². The Bertz CT molecular complexity index is 2570. The minimum absolute atomic E-state index is 0.0847. The van der Waals surface area contributed by atoms with Crippen molar-refractivity contribution >= 4 is 69.5 Å². The fourth-order valence-corrected chi connectivity index (χ4v) is 9.65. The summed E-state index contributed by atoms with van der Waals surface area (Å²) in [4.78, 5) is 90.8. The number of piperidine rings is 2. The van der Waals surface area contributed by atoms with Crippen LogP contribution in [0.3, 0.4) is 0 Å². The monoisotopic (exact) mass is 879 g/mol. The zero-order valence-corrected chi connectivity index (χ0v) is 36.2. The van der Waals surface area contributed by atoms with Crippen molar-refractivity contribution in [3.63, 3.8) is 0 Å². The zero-order valence-electron chi connectivity index (χ0n) is 35.4. The maximum absolute atomic E-state index is 13.4. The number of amides is 5. The molecule has 1 saturated carbocycles. The first-order valence-corrected chi connectivity index (χ1v) is 22.0. The summed E-state index contributed by atoms with van der Waals surface area (Å²) >= 11 is 6.59. The zero-order chi connectivity index (χ0) is 44.1. The summed E-state index contributed by atoms with van der Waals surface area (Å²) in [6, 6.07) is 12.0. The average molecular weight is 880 g/mol. The summed E-state index contributed by atoms with van der Waals surface area (Å²) in [7, 11) is 1.51. The standard InChI is InChI=1S/C45H50ClN9O8/c1-24(2)54-35-7-5-28(16-27(35)18-37(44(54)61)62-23-39(57)47-3)49-40-34(46)21-48-45(51-40)52-14-11-30(12-15-52)63-31-19-29(20-31)53-13-10-26(22-53)25-4-6-32-33(17-25)43(60)55(42(32)59)36-8-9-38(56)50-41(36)58/h4-7,16-18,21,24,26,29-31,36H,8-15,19-20,22-23H2,1-3H3,(H,47,57)(H,48,49,51)(H,50,56,58)/t26-,29?,31?,36?/m0/s1. The van der Waals surface area contributed by atoms with Crippen LogP contribution in [0, 0.1) is 0 Å². The number of likely N-dealkylation sites (tertiary alicyclic amines) is 1. The Labute approximate surface area is 368 Å². The van der Waals surface area contributed by atoms with Crippen LogP contribution >= 0.6 is 11.6 Å². The Morgan fingerprint density at radius 2 is 1.71 bits per heavy atom. The van der Waals surface area contributed by atoms with Gasteiger partial charge in [-0.3, -0.25) is 43.9 Å². The number of rotatable bonds is 12. The smallest absolute Gasteiger partial charge is 0.293 e. The molecule has 5 amide bonds. The van der Waals surface area contributed by atoms with Crippen LogP contribution in [-0.2, 0) is 19.1 Å². The number of aromatic nitrogens is 3. The van der Waals surface area contributed by atoms with E-state index in [-0.39, 0.29) is 60.8 Å². The first-order chi connectivity index (χ1) is 30.3. The lowest BCUT2D eigenvalue weighted by atomic mass is 9.87. The van der Waals surface area contributed by atoms with Crippen LogP contribution in [0.25, 0.3) is 10.9 Å². The highest BCUT2D eigenvalue weighted by molar-refractivity contribution is 6.33. The fourth-order valence-electron chi connectivity index (χ4n) is 9.51. The van der Waals surface area contributed by atoms with Gasteiger partial charge in [-0.1, -0.05) is 17.7 Å². The van der Waals surface area contributed by atoms with Gasteiger partial charge in [-0.15, -0.1) is 0 Å². The molecule has 1 aliphatic carbocycles. The van der Waals surface area contributed by atoms with Crippen LogP contribution < -0.4 is 31.1 Å². The van der Waals surface area contributed by atoms with E-state index in [4.69, 9.17) is 26.1 Å². The Morgan fingerprint density at radius 1 is 0.937 bits per heavy atom. The predicted octanol–water partition coefficient (Wildman–Crippen LogP) is 4.30. The first kappa shape index (κ1) is 42.4. The molecule has 4 aromatic rings. The normalized spacial score (nSPS) is 23.0. The van der Waals surface area contributed by atoms with Crippen molar-refractivity contribution < 1.29 is 33.4 Å². The summed E-state index contributed by atoms with van der Waals surface area (Å²) in [5, 5.41) is 9.18. The molecule has 1 unspecified atom stereocenters. The van der Waals surface area contributed by atoms with E-state index in [1.807, 2.05) is 44.2 Å². The van der Waals surface area contributed by atoms with E-state index < -0.39 is 29.7 Å². The molecule has 2 aromatic heterocycles. The molecule has 3 N–H and O–H groups in total. The van der Waals surface area contributed by atoms with Crippen molar-refractivity contribution in [3.05, 3.63) is 80.7 Å². The molecule has 5 aliphatic rings. The minimum Gasteiger partial charge on any atom is -0.478 e. The second kappa shape index (κ2) is 17.3. The number of likely N-dealkylation sites (N-methyl/N-ethyl adjacent to an activating group) is 1. The Kier molecular flexibility index (Phi) is 11.7. The minimum atomic E-state index is -0.976. The van der Waals surface area contributed by atoms with E-state index in [9.17, 15) is 28.8 Å². The number of fused-ring (bicyclic) bond motifs is 2. The van der Waals surface area contributed by atoms with Gasteiger partial charge in [-0.05, 0) is 107 Å². The molecule has 3 saturated heterocycles. The van der Waals surface area contributed by atoms with Crippen molar-refractivity contribution in [3.8, 4) is 5.75 Å². The van der Waals surface area contributed by atoms with Gasteiger partial charge in [0.25, 0.3) is 23.3 Å². The number of nitrogens with one attached hydrogen (secondary N) is 3. The van der Waals surface area contributed by atoms with E-state index >= 15 is 0 Å². The maximum Gasteiger partial charge on any atom is 0.293 e. The number of nitrogens with zero attached hydrogens (tertiary/aromatic N) is 6. The molecule has 4 aliphatic heterocycles. The fraction of sp³-hybridized carbons (Fsp3) is 0.467. The number of carbonyl (C=O) groups excluding carboxylic acids is 5. The lowest BCUT2D eigenvalue weighted by Crippen LogP contribution is -2.54. The predicted molar refractivity (Wildman–Crippen MR) is 234 cm³/mol. The van der Waals surface area contributed by atoms with Gasteiger partial charge in [0.15, 0.2) is 18.2 Å². The molecule has 4 fully saturated rings. The van der Waals surface area contributed by atoms with Gasteiger partial charge >= 0.3 is 0 Å². The van der Waals surface area contributed by atoms with Crippen LogP contribution in [-0.4, -0.2) is 118 Å². The van der Waals surface area contributed by atoms with E-state index in [2.05, 4.69) is 30.7 Å². The van der Waals surface area contributed by atoms with E-state index in [1.54, 1.807) is 22.9 Å². The Balaban J connectivity index is 0.761. The molecule has 0 radical (unpaired) electrons. The molecule has 2 aromatic carbocycles. The number of imide groups is 2. The second-order valence-electron chi connectivity index (χ2n) is 17.3. The first-order valence-electron chi connectivity index (χ1n) is 21.7. The largest absolute Gasteiger partial charge is 0.478 e. The van der Waals surface area contributed by atoms with Crippen LogP contribution in [0.4, 0.5) is 17.5 Å². The molecule has 63 heavy (non-hydrogen) atoms. The summed E-state index contributed by atoms with van der Waals surface area (Å²) in [6.07, 6.45) is 6.72. The van der Waals surface area contributed by atoms with Crippen molar-refractivity contribution in [1.29, 1.82) is 0 Å². The number of halogens is 1. The second-order valence-corrected chi connectivity index (χ2v) is 17.7. The lowest BCUT2D eigenvalue weighted by Gasteiger charge is -2.43. The number of pyridine rings is 1. The molecular formula is C45H50ClN9O8. The summed E-state index contributed by atoms with van der Waals surface area (Å²) < 4.78 is 13.8. The molecular weight excluding hydrogens is 830 g/mol. The number of hydrogen-bond donors (Lipinski definition) is 3. The van der Waals surface area contributed by atoms with Gasteiger partial charge in [0.05, 0.1) is 35.0 Å². The van der Waals surface area contributed by atoms with E-state index in [1.165, 1.54) is 7.05 Å². The number of hydrogen-bond acceptors (Lipinski definition) is 13. The lowest BCUT2D eigenvalue weighted by molar-refractivity contribution is -0.136. The summed E-state index contributed by atoms with van der Waals surface area (Å²) in [5.74, 6) is -0.973. The maximum atomic E-state index is 13.4. The van der Waals surface area contributed by atoms with E-state index in [0.717, 1.165) is 79.6 Å². The molecule has 9 rings (SSSR count). The number of benzene rings is 2. The highest BCUT2D eigenvalue weighted by Crippen LogP contribution is 2.39. The number of ether oxygens (including phenoxy) is 2. The van der Waals surface area contributed by atoms with Gasteiger partial charge in [-0.2, -0.15) is 4.98 Å². The van der Waals surface area contributed by atoms with Crippen LogP contribution in [0.5, 0.6) is 5.75 Å². The van der Waals surface area contributed by atoms with Gasteiger partial charge < -0.3 is 29.6 Å². The molecule has 18 heteroatoms. The van der Waals surface area contributed by atoms with Crippen LogP contribution in [0.2, 0.25) is 5.02 Å². The third-order valence-corrected chi connectivity index (χ3v) is 13.3. The van der Waals surface area contributed by atoms with Gasteiger partial charge in [0.2, 0.25) is 17.8 Å². The molecule has 330 valence electrons. The van der Waals surface area contributed by atoms with Crippen LogP contribution in [0.15, 0.2) is 53.5 Å². The van der Waals surface area contributed by atoms with Crippen molar-refractivity contribution in [2.24, 2.45) is 0 Å². The third-order valence-electron chi connectivity index (χ3n) is 13.0. The van der Waals surface area contributed by atoms with Gasteiger partial charge in [0, 0.05) is 56.3 Å². The third kappa shape index (κ3) is 8.36. The molecule has 6 heterocycles. The highest BCUT2D eigenvalue weighted by Gasteiger charge is 2.45. The molecule has 0 bridgehead atoms. The molecule has 2 atom stereocenters. The van der Waals surface area contributed by atoms with Crippen LogP contribution in [0.1, 0.15) is 97.0 Å². The molecule has 0 spiro atoms. The topological polar surface area (TPSA) is 197 Å². The van der Waals surface area contributed by atoms with Crippen molar-refractivity contribution in [1.82, 2.24) is 35.0 Å². The number of carbonyl (C=O) groups is 5. The molecule has 17 nitrogen and oxygen atoms in total. The van der Waals surface area contributed by atoms with E-state index in [0.29, 0.717) is 39.6 Å². The van der Waals surface area contributed by atoms with Gasteiger partial charge in [0.1, 0.15) is 11.1 Å². The van der Waals surface area contributed by atoms with Crippen molar-refractivity contribution in [2.45, 2.75) is 95.0 Å². The average Bonchev–Trinajstić information content (AvgIpc) is 3.84.